The van der Waals surface area contributed by atoms with Crippen molar-refractivity contribution in [3.05, 3.63) is 65.5 Å². The van der Waals surface area contributed by atoms with E-state index in [2.05, 4.69) is 5.32 Å². The number of benzene rings is 2. The number of amides is 2. The summed E-state index contributed by atoms with van der Waals surface area (Å²) in [5.41, 5.74) is 9.63. The molecule has 0 saturated heterocycles. The van der Waals surface area contributed by atoms with E-state index in [4.69, 9.17) is 15.2 Å². The summed E-state index contributed by atoms with van der Waals surface area (Å²) in [6.45, 7) is 0.532. The van der Waals surface area contributed by atoms with Crippen molar-refractivity contribution in [3.8, 4) is 17.2 Å². The van der Waals surface area contributed by atoms with Crippen LogP contribution >= 0.6 is 0 Å². The molecular formula is C23H24N4O5. The SMILES string of the molecule is COc1ccc(-n2c(C(=O)Nc3ccccc3N)cc3c2CN(C(=O)O)CC3)cc1OC. The van der Waals surface area contributed by atoms with Crippen molar-refractivity contribution in [2.24, 2.45) is 0 Å². The predicted octanol–water partition coefficient (Wildman–Crippen LogP) is 3.37. The molecule has 0 radical (unpaired) electrons. The zero-order valence-electron chi connectivity index (χ0n) is 17.8. The van der Waals surface area contributed by atoms with Gasteiger partial charge >= 0.3 is 6.09 Å². The number of methoxy groups -OCH3 is 2. The monoisotopic (exact) mass is 436 g/mol. The summed E-state index contributed by atoms with van der Waals surface area (Å²) in [4.78, 5) is 26.2. The van der Waals surface area contributed by atoms with E-state index in [0.717, 1.165) is 11.3 Å². The summed E-state index contributed by atoms with van der Waals surface area (Å²) < 4.78 is 12.5. The predicted molar refractivity (Wildman–Crippen MR) is 120 cm³/mol. The molecule has 4 rings (SSSR count). The Bertz CT molecular complexity index is 1190. The Labute approximate surface area is 185 Å². The molecule has 1 aromatic heterocycles. The van der Waals surface area contributed by atoms with Gasteiger partial charge < -0.3 is 35.1 Å². The molecular weight excluding hydrogens is 412 g/mol. The molecule has 0 unspecified atom stereocenters. The maximum atomic E-state index is 13.3. The number of carboxylic acid groups (broad SMARTS) is 1. The van der Waals surface area contributed by atoms with E-state index in [-0.39, 0.29) is 12.5 Å². The number of hydrogen-bond donors (Lipinski definition) is 3. The largest absolute Gasteiger partial charge is 0.493 e. The van der Waals surface area contributed by atoms with E-state index in [1.54, 1.807) is 60.2 Å². The molecule has 0 fully saturated rings. The zero-order chi connectivity index (χ0) is 22.8. The van der Waals surface area contributed by atoms with E-state index in [1.165, 1.54) is 12.0 Å². The third-order valence-electron chi connectivity index (χ3n) is 5.52. The smallest absolute Gasteiger partial charge is 0.407 e. The lowest BCUT2D eigenvalue weighted by atomic mass is 10.1. The highest BCUT2D eigenvalue weighted by Gasteiger charge is 2.28. The molecule has 1 aliphatic heterocycles. The van der Waals surface area contributed by atoms with Crippen LogP contribution in [0.15, 0.2) is 48.5 Å². The fourth-order valence-electron chi connectivity index (χ4n) is 3.89. The van der Waals surface area contributed by atoms with Crippen LogP contribution in [0.2, 0.25) is 0 Å². The van der Waals surface area contributed by atoms with Gasteiger partial charge in [0.1, 0.15) is 5.69 Å². The summed E-state index contributed by atoms with van der Waals surface area (Å²) in [5, 5.41) is 12.4. The van der Waals surface area contributed by atoms with Gasteiger partial charge in [0.25, 0.3) is 5.91 Å². The van der Waals surface area contributed by atoms with Gasteiger partial charge in [0.05, 0.1) is 37.8 Å². The lowest BCUT2D eigenvalue weighted by molar-refractivity contribution is 0.102. The highest BCUT2D eigenvalue weighted by molar-refractivity contribution is 6.05. The van der Waals surface area contributed by atoms with E-state index < -0.39 is 6.09 Å². The lowest BCUT2D eigenvalue weighted by Gasteiger charge is -2.26. The molecule has 3 aromatic rings. The second kappa shape index (κ2) is 8.54. The Balaban J connectivity index is 1.83. The molecule has 0 bridgehead atoms. The molecule has 2 aromatic carbocycles. The first-order valence-electron chi connectivity index (χ1n) is 10.0. The third-order valence-corrected chi connectivity index (χ3v) is 5.52. The number of rotatable bonds is 5. The Hall–Kier alpha value is -4.14. The van der Waals surface area contributed by atoms with Gasteiger partial charge in [0.15, 0.2) is 11.5 Å². The number of carbonyl (C=O) groups is 2. The molecule has 9 heteroatoms. The summed E-state index contributed by atoms with van der Waals surface area (Å²) in [5.74, 6) is 0.693. The van der Waals surface area contributed by atoms with Crippen molar-refractivity contribution in [1.29, 1.82) is 0 Å². The van der Waals surface area contributed by atoms with Crippen molar-refractivity contribution in [2.45, 2.75) is 13.0 Å². The molecule has 0 atom stereocenters. The van der Waals surface area contributed by atoms with E-state index >= 15 is 0 Å². The van der Waals surface area contributed by atoms with Gasteiger partial charge in [-0.3, -0.25) is 4.79 Å². The molecule has 9 nitrogen and oxygen atoms in total. The van der Waals surface area contributed by atoms with Crippen LogP contribution in [0, 0.1) is 0 Å². The highest BCUT2D eigenvalue weighted by Crippen LogP contribution is 2.33. The summed E-state index contributed by atoms with van der Waals surface area (Å²) in [7, 11) is 3.08. The maximum absolute atomic E-state index is 13.3. The molecule has 166 valence electrons. The van der Waals surface area contributed by atoms with Crippen molar-refractivity contribution in [1.82, 2.24) is 9.47 Å². The lowest BCUT2D eigenvalue weighted by Crippen LogP contribution is -2.35. The van der Waals surface area contributed by atoms with Crippen molar-refractivity contribution in [2.75, 3.05) is 31.8 Å². The Morgan fingerprint density at radius 3 is 2.50 bits per heavy atom. The number of fused-ring (bicyclic) bond motifs is 1. The fraction of sp³-hybridized carbons (Fsp3) is 0.217. The molecule has 2 heterocycles. The van der Waals surface area contributed by atoms with Gasteiger partial charge in [0.2, 0.25) is 0 Å². The van der Waals surface area contributed by atoms with Crippen molar-refractivity contribution < 1.29 is 24.2 Å². The minimum atomic E-state index is -1.00. The summed E-state index contributed by atoms with van der Waals surface area (Å²) in [6, 6.07) is 14.1. The second-order valence-corrected chi connectivity index (χ2v) is 7.37. The number of nitrogens with one attached hydrogen (secondary N) is 1. The number of ether oxygens (including phenoxy) is 2. The van der Waals surface area contributed by atoms with E-state index in [9.17, 15) is 14.7 Å². The number of nitrogen functional groups attached to an aromatic ring is 1. The molecule has 4 N–H and O–H groups in total. The number of aromatic nitrogens is 1. The summed E-state index contributed by atoms with van der Waals surface area (Å²) >= 11 is 0. The van der Waals surface area contributed by atoms with Crippen LogP contribution < -0.4 is 20.5 Å². The quantitative estimate of drug-likeness (QED) is 0.528. The fourth-order valence-corrected chi connectivity index (χ4v) is 3.89. The van der Waals surface area contributed by atoms with Crippen LogP contribution in [0.3, 0.4) is 0 Å². The zero-order valence-corrected chi connectivity index (χ0v) is 17.8. The van der Waals surface area contributed by atoms with Crippen molar-refractivity contribution in [3.63, 3.8) is 0 Å². The first-order chi connectivity index (χ1) is 15.4. The number of carbonyl (C=O) groups excluding carboxylic acids is 1. The second-order valence-electron chi connectivity index (χ2n) is 7.37. The van der Waals surface area contributed by atoms with Crippen LogP contribution in [-0.2, 0) is 13.0 Å². The minimum Gasteiger partial charge on any atom is -0.493 e. The third kappa shape index (κ3) is 3.80. The first-order valence-corrected chi connectivity index (χ1v) is 10.0. The van der Waals surface area contributed by atoms with Gasteiger partial charge in [-0.15, -0.1) is 0 Å². The Kier molecular flexibility index (Phi) is 5.63. The number of para-hydroxylation sites is 2. The average Bonchev–Trinajstić information content (AvgIpc) is 3.19. The van der Waals surface area contributed by atoms with Gasteiger partial charge in [0, 0.05) is 18.3 Å². The Morgan fingerprint density at radius 2 is 1.81 bits per heavy atom. The molecule has 2 amide bonds. The standard InChI is InChI=1S/C23H24N4O5/c1-31-20-8-7-15(12-21(20)32-2)27-18(22(28)25-17-6-4-3-5-16(17)24)11-14-9-10-26(23(29)30)13-19(14)27/h3-8,11-12H,9-10,13,24H2,1-2H3,(H,25,28)(H,29,30). The van der Waals surface area contributed by atoms with Gasteiger partial charge in [-0.1, -0.05) is 12.1 Å². The van der Waals surface area contributed by atoms with Gasteiger partial charge in [-0.25, -0.2) is 4.79 Å². The summed E-state index contributed by atoms with van der Waals surface area (Å²) in [6.07, 6.45) is -0.492. The number of nitrogens with zero attached hydrogens (tertiary/aromatic N) is 2. The molecule has 32 heavy (non-hydrogen) atoms. The van der Waals surface area contributed by atoms with Crippen molar-refractivity contribution >= 4 is 23.4 Å². The molecule has 1 aliphatic rings. The maximum Gasteiger partial charge on any atom is 0.407 e. The van der Waals surface area contributed by atoms with Crippen LogP contribution in [0.25, 0.3) is 5.69 Å². The number of hydrogen-bond acceptors (Lipinski definition) is 5. The average molecular weight is 436 g/mol. The molecule has 0 aliphatic carbocycles. The molecule has 0 spiro atoms. The van der Waals surface area contributed by atoms with E-state index in [0.29, 0.717) is 47.2 Å². The topological polar surface area (TPSA) is 119 Å². The van der Waals surface area contributed by atoms with Crippen LogP contribution in [0.4, 0.5) is 16.2 Å². The number of anilines is 2. The number of nitrogens with two attached hydrogens (primary N) is 1. The van der Waals surface area contributed by atoms with Gasteiger partial charge in [-0.2, -0.15) is 0 Å². The highest BCUT2D eigenvalue weighted by atomic mass is 16.5. The first kappa shape index (κ1) is 21.1. The normalized spacial score (nSPS) is 12.8. The minimum absolute atomic E-state index is 0.166. The van der Waals surface area contributed by atoms with Crippen LogP contribution in [-0.4, -0.2) is 47.3 Å². The Morgan fingerprint density at radius 1 is 1.06 bits per heavy atom. The molecule has 0 saturated carbocycles. The van der Waals surface area contributed by atoms with Crippen LogP contribution in [0.5, 0.6) is 11.5 Å². The van der Waals surface area contributed by atoms with E-state index in [1.807, 2.05) is 0 Å². The van der Waals surface area contributed by atoms with Crippen LogP contribution in [0.1, 0.15) is 21.7 Å². The van der Waals surface area contributed by atoms with Gasteiger partial charge in [-0.05, 0) is 42.3 Å².